The summed E-state index contributed by atoms with van der Waals surface area (Å²) in [6.07, 6.45) is -1.13. The number of nitrogens with zero attached hydrogens (tertiary/aromatic N) is 4. The minimum Gasteiger partial charge on any atom is -0.481 e. The molecule has 2 saturated heterocycles. The minimum atomic E-state index is -1.21. The number of amides is 1. The Labute approximate surface area is 447 Å². The lowest BCUT2D eigenvalue weighted by molar-refractivity contribution is -0.281. The summed E-state index contributed by atoms with van der Waals surface area (Å²) in [7, 11) is 3.56. The van der Waals surface area contributed by atoms with Crippen molar-refractivity contribution in [1.29, 1.82) is 0 Å². The molecule has 2 aliphatic heterocycles. The number of hydrogen-bond donors (Lipinski definition) is 2. The van der Waals surface area contributed by atoms with Crippen molar-refractivity contribution < 1.29 is 71.8 Å². The van der Waals surface area contributed by atoms with Crippen molar-refractivity contribution in [2.45, 2.75) is 127 Å². The largest absolute Gasteiger partial charge is 0.481 e. The summed E-state index contributed by atoms with van der Waals surface area (Å²) in [5, 5.41) is 12.1. The number of carbonyl (C=O) groups excluding carboxylic acids is 5. The SMILES string of the molecule is CC[C@H]1O[C@@H](n2ccc(/N=C\N(C)C)nc2=O)[C@@H](OCCCCCCNC(=O)CCCCO[C@@H]2O[C@H](COC(=O)c3ccccc3)[C@H](OC(=O)c3ccccc3)[C@H](OC(=O)c3ccccc3)[C@H]2C)C1OC(=O)CCC(=O)O. The second kappa shape index (κ2) is 30.4. The molecule has 0 spiro atoms. The highest BCUT2D eigenvalue weighted by Crippen LogP contribution is 2.36. The van der Waals surface area contributed by atoms with Crippen molar-refractivity contribution in [1.82, 2.24) is 19.8 Å². The molecular weight excluding hydrogens is 999 g/mol. The van der Waals surface area contributed by atoms with Gasteiger partial charge in [0.15, 0.2) is 30.5 Å². The highest BCUT2D eigenvalue weighted by atomic mass is 16.7. The van der Waals surface area contributed by atoms with E-state index in [0.29, 0.717) is 44.2 Å². The van der Waals surface area contributed by atoms with Gasteiger partial charge in [-0.15, -0.1) is 0 Å². The maximum atomic E-state index is 13.5. The number of benzene rings is 3. The van der Waals surface area contributed by atoms with E-state index in [9.17, 15) is 33.6 Å². The van der Waals surface area contributed by atoms with Crippen LogP contribution in [0.5, 0.6) is 0 Å². The summed E-state index contributed by atoms with van der Waals surface area (Å²) in [5.74, 6) is -4.45. The number of aliphatic imine (C=N–C) groups is 1. The van der Waals surface area contributed by atoms with Crippen molar-refractivity contribution in [2.24, 2.45) is 10.9 Å². The van der Waals surface area contributed by atoms with Gasteiger partial charge in [-0.25, -0.2) is 24.2 Å². The smallest absolute Gasteiger partial charge is 0.351 e. The van der Waals surface area contributed by atoms with Gasteiger partial charge in [0.1, 0.15) is 24.9 Å². The number of aliphatic carboxylic acids is 1. The molecule has 0 bridgehead atoms. The fourth-order valence-corrected chi connectivity index (χ4v) is 8.58. The van der Waals surface area contributed by atoms with Gasteiger partial charge in [0.25, 0.3) is 0 Å². The molecule has 414 valence electrons. The molecule has 0 saturated carbocycles. The molecule has 2 fully saturated rings. The first-order chi connectivity index (χ1) is 37.2. The van der Waals surface area contributed by atoms with Crippen LogP contribution in [0.3, 0.4) is 0 Å². The van der Waals surface area contributed by atoms with Gasteiger partial charge in [0, 0.05) is 52.4 Å². The minimum absolute atomic E-state index is 0.129. The Morgan fingerprint density at radius 3 is 1.88 bits per heavy atom. The van der Waals surface area contributed by atoms with E-state index < -0.39 is 97.0 Å². The molecule has 2 N–H and O–H groups in total. The number of carboxylic acids is 1. The molecule has 21 heteroatoms. The summed E-state index contributed by atoms with van der Waals surface area (Å²) in [6, 6.07) is 26.6. The molecule has 6 rings (SSSR count). The molecule has 21 nitrogen and oxygen atoms in total. The zero-order valence-corrected chi connectivity index (χ0v) is 43.8. The Bertz CT molecular complexity index is 2620. The van der Waals surface area contributed by atoms with Crippen molar-refractivity contribution >= 4 is 47.9 Å². The molecule has 1 aromatic heterocycles. The lowest BCUT2D eigenvalue weighted by Crippen LogP contribution is -2.58. The third-order valence-corrected chi connectivity index (χ3v) is 12.6. The maximum absolute atomic E-state index is 13.5. The van der Waals surface area contributed by atoms with E-state index in [1.165, 1.54) is 17.1 Å². The van der Waals surface area contributed by atoms with E-state index in [2.05, 4.69) is 15.3 Å². The summed E-state index contributed by atoms with van der Waals surface area (Å²) in [5.41, 5.74) is 0.196. The monoisotopic (exact) mass is 1070 g/mol. The number of nitrogens with one attached hydrogen (secondary N) is 1. The number of rotatable bonds is 29. The normalized spacial score (nSPS) is 21.9. The Kier molecular flexibility index (Phi) is 23.3. The van der Waals surface area contributed by atoms with Crippen LogP contribution in [-0.2, 0) is 52.3 Å². The van der Waals surface area contributed by atoms with E-state index in [0.717, 1.165) is 12.8 Å². The summed E-state index contributed by atoms with van der Waals surface area (Å²) >= 11 is 0. The number of ether oxygens (including phenoxy) is 8. The van der Waals surface area contributed by atoms with E-state index in [4.69, 9.17) is 43.0 Å². The lowest BCUT2D eigenvalue weighted by atomic mass is 9.91. The van der Waals surface area contributed by atoms with Crippen LogP contribution in [0.25, 0.3) is 0 Å². The van der Waals surface area contributed by atoms with Crippen LogP contribution in [-0.4, -0.2) is 145 Å². The molecule has 3 heterocycles. The number of carboxylic acid groups (broad SMARTS) is 1. The van der Waals surface area contributed by atoms with E-state index in [1.807, 2.05) is 6.92 Å². The van der Waals surface area contributed by atoms with Crippen LogP contribution in [0.2, 0.25) is 0 Å². The Hall–Kier alpha value is -7.33. The van der Waals surface area contributed by atoms with Gasteiger partial charge in [-0.2, -0.15) is 4.98 Å². The van der Waals surface area contributed by atoms with Crippen molar-refractivity contribution in [3.05, 3.63) is 130 Å². The Balaban J connectivity index is 0.970. The predicted molar refractivity (Wildman–Crippen MR) is 278 cm³/mol. The number of unbranched alkanes of at least 4 members (excludes halogenated alkanes) is 4. The van der Waals surface area contributed by atoms with Gasteiger partial charge in [-0.3, -0.25) is 19.0 Å². The molecular formula is C56H69N5O16. The average Bonchev–Trinajstić information content (AvgIpc) is 3.79. The van der Waals surface area contributed by atoms with E-state index in [-0.39, 0.29) is 55.5 Å². The zero-order chi connectivity index (χ0) is 55.1. The van der Waals surface area contributed by atoms with Gasteiger partial charge >= 0.3 is 35.5 Å². The van der Waals surface area contributed by atoms with Crippen molar-refractivity contribution in [3.63, 3.8) is 0 Å². The number of hydrogen-bond acceptors (Lipinski definition) is 17. The van der Waals surface area contributed by atoms with Crippen molar-refractivity contribution in [2.75, 3.05) is 40.5 Å². The first-order valence-electron chi connectivity index (χ1n) is 26.0. The molecule has 3 aromatic carbocycles. The zero-order valence-electron chi connectivity index (χ0n) is 43.8. The van der Waals surface area contributed by atoms with Gasteiger partial charge < -0.3 is 53.2 Å². The number of aromatic nitrogens is 2. The Morgan fingerprint density at radius 2 is 1.27 bits per heavy atom. The molecule has 1 amide bonds. The molecule has 9 atom stereocenters. The van der Waals surface area contributed by atoms with E-state index in [1.54, 1.807) is 123 Å². The fraction of sp³-hybridized carbons (Fsp3) is 0.482. The topological polar surface area (TPSA) is 259 Å². The first kappa shape index (κ1) is 58.9. The molecule has 0 radical (unpaired) electrons. The van der Waals surface area contributed by atoms with Crippen LogP contribution >= 0.6 is 0 Å². The molecule has 1 unspecified atom stereocenters. The summed E-state index contributed by atoms with van der Waals surface area (Å²) in [6.45, 7) is 4.09. The summed E-state index contributed by atoms with van der Waals surface area (Å²) in [4.78, 5) is 100.0. The number of carbonyl (C=O) groups is 6. The second-order valence-electron chi connectivity index (χ2n) is 18.8. The van der Waals surface area contributed by atoms with E-state index >= 15 is 0 Å². The third kappa shape index (κ3) is 18.2. The van der Waals surface area contributed by atoms with Crippen LogP contribution in [0.4, 0.5) is 5.82 Å². The summed E-state index contributed by atoms with van der Waals surface area (Å²) < 4.78 is 49.9. The third-order valence-electron chi connectivity index (χ3n) is 12.6. The molecule has 77 heavy (non-hydrogen) atoms. The average molecular weight is 1070 g/mol. The molecule has 2 aliphatic rings. The molecule has 0 aliphatic carbocycles. The van der Waals surface area contributed by atoms with Crippen molar-refractivity contribution in [3.8, 4) is 0 Å². The fourth-order valence-electron chi connectivity index (χ4n) is 8.58. The Morgan fingerprint density at radius 1 is 0.688 bits per heavy atom. The predicted octanol–water partition coefficient (Wildman–Crippen LogP) is 6.47. The van der Waals surface area contributed by atoms with Gasteiger partial charge in [0.2, 0.25) is 5.91 Å². The van der Waals surface area contributed by atoms with Crippen LogP contribution in [0, 0.1) is 5.92 Å². The number of esters is 4. The first-order valence-corrected chi connectivity index (χ1v) is 26.0. The van der Waals surface area contributed by atoms with Gasteiger partial charge in [-0.1, -0.05) is 81.3 Å². The lowest BCUT2D eigenvalue weighted by Gasteiger charge is -2.44. The maximum Gasteiger partial charge on any atom is 0.351 e. The highest BCUT2D eigenvalue weighted by Gasteiger charge is 2.50. The standard InChI is InChI=1S/C56H69N5O16/c1-5-41-48(75-46(65)29-28-45(63)64)50(51(73-41)61-32-30-43(59-56(61)69)58-36-60(3)4)70-33-19-7-6-18-31-57-44(62)27-17-20-34-71-55-37(2)47(76-53(67)39-23-13-9-14-24-39)49(77-54(68)40-25-15-10-16-26-40)42(74-55)35-72-52(66)38-21-11-8-12-22-38/h8-16,21-26,30,32,36-37,41-42,47-51,55H,5-7,17-20,27-29,31,33-35H2,1-4H3,(H,57,62)(H,63,64)/b58-36-/t37-,41-,42-,47-,48?,49+,50+,51-,55-/m1/s1. The van der Waals surface area contributed by atoms with Gasteiger partial charge in [-0.05, 0) is 74.6 Å². The molecule has 4 aromatic rings. The van der Waals surface area contributed by atoms with Crippen LogP contribution in [0.15, 0.2) is 113 Å². The second-order valence-corrected chi connectivity index (χ2v) is 18.8. The van der Waals surface area contributed by atoms with Crippen LogP contribution in [0.1, 0.15) is 115 Å². The van der Waals surface area contributed by atoms with Crippen LogP contribution < -0.4 is 11.0 Å². The quantitative estimate of drug-likeness (QED) is 0.0194. The highest BCUT2D eigenvalue weighted by molar-refractivity contribution is 5.91. The van der Waals surface area contributed by atoms with Gasteiger partial charge in [0.05, 0.1) is 42.0 Å².